The highest BCUT2D eigenvalue weighted by atomic mass is 28.4. The van der Waals surface area contributed by atoms with E-state index in [1.807, 2.05) is 22.8 Å². The molecule has 4 atom stereocenters. The van der Waals surface area contributed by atoms with Gasteiger partial charge in [-0.15, -0.1) is 0 Å². The normalized spacial score (nSPS) is 24.9. The standard InChI is InChI=1S/C30H46N4O5Si2/c1-29(2,3)41(30(4,5)6)37-18-22-24(39-41)25(36-17-21-13-11-10-12-14-21)28(38-22)34-20-33-23-26(34)31-19-32-27(23)35-15-16-40(7,8)9/h10-14,19-20,22,24-25,28H,15-18H2,1-9H3/t22-,24-,25-,28?/m1/s1. The van der Waals surface area contributed by atoms with E-state index in [0.717, 1.165) is 11.6 Å². The second-order valence-corrected chi connectivity index (χ2v) is 24.9. The molecule has 41 heavy (non-hydrogen) atoms. The maximum atomic E-state index is 7.16. The summed E-state index contributed by atoms with van der Waals surface area (Å²) in [6, 6.07) is 11.2. The minimum Gasteiger partial charge on any atom is -0.476 e. The van der Waals surface area contributed by atoms with Crippen LogP contribution in [0.15, 0.2) is 43.0 Å². The fourth-order valence-corrected chi connectivity index (χ4v) is 11.7. The van der Waals surface area contributed by atoms with Crippen LogP contribution in [-0.2, 0) is 24.9 Å². The number of ether oxygens (including phenoxy) is 3. The molecule has 224 valence electrons. The Morgan fingerprint density at radius 3 is 2.37 bits per heavy atom. The van der Waals surface area contributed by atoms with E-state index in [-0.39, 0.29) is 22.3 Å². The molecular weight excluding hydrogens is 553 g/mol. The van der Waals surface area contributed by atoms with E-state index in [0.29, 0.717) is 36.9 Å². The molecule has 0 saturated carbocycles. The molecule has 9 nitrogen and oxygen atoms in total. The number of hydrogen-bond acceptors (Lipinski definition) is 8. The Morgan fingerprint density at radius 1 is 1.00 bits per heavy atom. The molecule has 2 fully saturated rings. The Balaban J connectivity index is 1.49. The molecule has 1 unspecified atom stereocenters. The maximum Gasteiger partial charge on any atom is 0.349 e. The lowest BCUT2D eigenvalue weighted by molar-refractivity contribution is -0.0807. The number of hydrogen-bond donors (Lipinski definition) is 0. The molecule has 0 aliphatic carbocycles. The van der Waals surface area contributed by atoms with Crippen molar-refractivity contribution in [2.24, 2.45) is 0 Å². The average Bonchev–Trinajstić information content (AvgIpc) is 3.47. The number of aromatic nitrogens is 4. The predicted octanol–water partition coefficient (Wildman–Crippen LogP) is 6.48. The van der Waals surface area contributed by atoms with Crippen LogP contribution >= 0.6 is 0 Å². The van der Waals surface area contributed by atoms with Gasteiger partial charge in [0.2, 0.25) is 5.88 Å². The third kappa shape index (κ3) is 6.02. The fourth-order valence-electron chi connectivity index (χ4n) is 6.07. The predicted molar refractivity (Wildman–Crippen MR) is 164 cm³/mol. The highest BCUT2D eigenvalue weighted by Gasteiger charge is 2.65. The molecule has 2 aliphatic heterocycles. The van der Waals surface area contributed by atoms with Crippen LogP contribution in [0.5, 0.6) is 5.88 Å². The van der Waals surface area contributed by atoms with Crippen molar-refractivity contribution in [2.75, 3.05) is 13.2 Å². The van der Waals surface area contributed by atoms with E-state index in [4.69, 9.17) is 23.1 Å². The van der Waals surface area contributed by atoms with Crippen molar-refractivity contribution >= 4 is 27.8 Å². The number of rotatable bonds is 8. The zero-order chi connectivity index (χ0) is 29.6. The van der Waals surface area contributed by atoms with Gasteiger partial charge in [-0.2, -0.15) is 4.98 Å². The van der Waals surface area contributed by atoms with Gasteiger partial charge in [0.1, 0.15) is 24.6 Å². The molecule has 3 aromatic rings. The first-order valence-corrected chi connectivity index (χ1v) is 20.2. The highest BCUT2D eigenvalue weighted by molar-refractivity contribution is 6.76. The third-order valence-corrected chi connectivity index (χ3v) is 14.8. The fraction of sp³-hybridized carbons (Fsp3) is 0.633. The second-order valence-electron chi connectivity index (χ2n) is 14.5. The van der Waals surface area contributed by atoms with Gasteiger partial charge in [-0.3, -0.25) is 4.57 Å². The van der Waals surface area contributed by atoms with E-state index >= 15 is 0 Å². The molecule has 0 N–H and O–H groups in total. The zero-order valence-electron chi connectivity index (χ0n) is 26.0. The van der Waals surface area contributed by atoms with Gasteiger partial charge in [0.05, 0.1) is 26.1 Å². The SMILES string of the molecule is CC(C)(C)[Si]1(C(C)(C)C)OC[C@H]2OC(n3cnc4c(OCC[Si](C)(C)C)ncnc43)[C@H](OCc3ccccc3)[C@@H]2O1. The average molecular weight is 599 g/mol. The first-order chi connectivity index (χ1) is 19.2. The van der Waals surface area contributed by atoms with Crippen LogP contribution in [0.25, 0.3) is 11.2 Å². The van der Waals surface area contributed by atoms with Gasteiger partial charge in [-0.1, -0.05) is 91.5 Å². The molecule has 4 heterocycles. The summed E-state index contributed by atoms with van der Waals surface area (Å²) in [6.07, 6.45) is 1.81. The van der Waals surface area contributed by atoms with Gasteiger partial charge in [0, 0.05) is 18.2 Å². The van der Waals surface area contributed by atoms with E-state index in [9.17, 15) is 0 Å². The minimum atomic E-state index is -2.76. The van der Waals surface area contributed by atoms with Gasteiger partial charge in [-0.25, -0.2) is 9.97 Å². The van der Waals surface area contributed by atoms with Gasteiger partial charge < -0.3 is 23.1 Å². The van der Waals surface area contributed by atoms with Crippen molar-refractivity contribution in [1.82, 2.24) is 19.5 Å². The number of fused-ring (bicyclic) bond motifs is 2. The topological polar surface area (TPSA) is 89.8 Å². The Labute approximate surface area is 246 Å². The molecule has 11 heteroatoms. The molecule has 0 radical (unpaired) electrons. The van der Waals surface area contributed by atoms with E-state index in [2.05, 4.69) is 88.3 Å². The molecule has 2 saturated heterocycles. The van der Waals surface area contributed by atoms with Crippen molar-refractivity contribution in [2.45, 2.75) is 108 Å². The Hall–Kier alpha value is -2.16. The summed E-state index contributed by atoms with van der Waals surface area (Å²) in [7, 11) is -4.01. The minimum absolute atomic E-state index is 0.157. The second kappa shape index (κ2) is 11.2. The Morgan fingerprint density at radius 2 is 1.71 bits per heavy atom. The van der Waals surface area contributed by atoms with Gasteiger partial charge in [0.15, 0.2) is 17.4 Å². The lowest BCUT2D eigenvalue weighted by atomic mass is 10.1. The van der Waals surface area contributed by atoms with Crippen LogP contribution in [0.1, 0.15) is 53.3 Å². The summed E-state index contributed by atoms with van der Waals surface area (Å²) in [4.78, 5) is 13.7. The molecule has 5 rings (SSSR count). The van der Waals surface area contributed by atoms with Crippen molar-refractivity contribution in [3.8, 4) is 5.88 Å². The van der Waals surface area contributed by atoms with Crippen molar-refractivity contribution in [3.63, 3.8) is 0 Å². The first-order valence-electron chi connectivity index (χ1n) is 14.6. The zero-order valence-corrected chi connectivity index (χ0v) is 28.0. The van der Waals surface area contributed by atoms with Crippen LogP contribution < -0.4 is 4.74 Å². The molecule has 0 amide bonds. The number of imidazole rings is 1. The van der Waals surface area contributed by atoms with Gasteiger partial charge in [0.25, 0.3) is 0 Å². The molecule has 2 aliphatic rings. The highest BCUT2D eigenvalue weighted by Crippen LogP contribution is 2.56. The summed E-state index contributed by atoms with van der Waals surface area (Å²) >= 11 is 0. The van der Waals surface area contributed by atoms with Crippen LogP contribution in [0, 0.1) is 0 Å². The molecule has 2 aromatic heterocycles. The van der Waals surface area contributed by atoms with Crippen LogP contribution in [-0.4, -0.2) is 67.7 Å². The van der Waals surface area contributed by atoms with Gasteiger partial charge in [-0.05, 0) is 11.6 Å². The molecule has 1 aromatic carbocycles. The Bertz CT molecular complexity index is 1320. The summed E-state index contributed by atoms with van der Waals surface area (Å²) in [6.45, 7) is 21.8. The monoisotopic (exact) mass is 598 g/mol. The summed E-state index contributed by atoms with van der Waals surface area (Å²) < 4.78 is 35.3. The lowest BCUT2D eigenvalue weighted by Gasteiger charge is -2.53. The number of benzene rings is 1. The van der Waals surface area contributed by atoms with Crippen molar-refractivity contribution in [3.05, 3.63) is 48.5 Å². The van der Waals surface area contributed by atoms with E-state index in [1.54, 1.807) is 6.33 Å². The molecular formula is C30H46N4O5Si2. The van der Waals surface area contributed by atoms with Crippen LogP contribution in [0.4, 0.5) is 0 Å². The van der Waals surface area contributed by atoms with E-state index < -0.39 is 29.0 Å². The van der Waals surface area contributed by atoms with Crippen molar-refractivity contribution < 1.29 is 23.1 Å². The van der Waals surface area contributed by atoms with Crippen LogP contribution in [0.2, 0.25) is 35.8 Å². The lowest BCUT2D eigenvalue weighted by Crippen LogP contribution is -2.65. The van der Waals surface area contributed by atoms with E-state index in [1.165, 1.54) is 6.33 Å². The quantitative estimate of drug-likeness (QED) is 0.272. The summed E-state index contributed by atoms with van der Waals surface area (Å²) in [5.41, 5.74) is 2.36. The first kappa shape index (κ1) is 30.3. The third-order valence-electron chi connectivity index (χ3n) is 7.99. The maximum absolute atomic E-state index is 7.16. The summed E-state index contributed by atoms with van der Waals surface area (Å²) in [5, 5.41) is -0.315. The smallest absolute Gasteiger partial charge is 0.349 e. The number of nitrogens with zero attached hydrogens (tertiary/aromatic N) is 4. The van der Waals surface area contributed by atoms with Crippen molar-refractivity contribution in [1.29, 1.82) is 0 Å². The molecule has 0 bridgehead atoms. The van der Waals surface area contributed by atoms with Gasteiger partial charge >= 0.3 is 8.56 Å². The summed E-state index contributed by atoms with van der Waals surface area (Å²) in [5.74, 6) is 0.496. The molecule has 0 spiro atoms. The van der Waals surface area contributed by atoms with Crippen LogP contribution in [0.3, 0.4) is 0 Å². The Kier molecular flexibility index (Phi) is 8.25. The largest absolute Gasteiger partial charge is 0.476 e.